The van der Waals surface area contributed by atoms with Gasteiger partial charge in [0.1, 0.15) is 0 Å². The number of hydrogen-bond acceptors (Lipinski definition) is 4. The molecule has 6 nitrogen and oxygen atoms in total. The van der Waals surface area contributed by atoms with Crippen molar-refractivity contribution in [2.75, 3.05) is 26.8 Å². The number of rotatable bonds is 5. The molecule has 0 aliphatic carbocycles. The summed E-state index contributed by atoms with van der Waals surface area (Å²) in [5.41, 5.74) is 6.24. The molecule has 1 amide bonds. The number of hydrogen-bond donors (Lipinski definition) is 1. The molecule has 0 radical (unpaired) electrons. The van der Waals surface area contributed by atoms with Gasteiger partial charge in [0.25, 0.3) is 0 Å². The van der Waals surface area contributed by atoms with E-state index in [-0.39, 0.29) is 23.9 Å². The molecule has 0 unspecified atom stereocenters. The van der Waals surface area contributed by atoms with Crippen LogP contribution >= 0.6 is 0 Å². The maximum absolute atomic E-state index is 12.6. The second-order valence-corrected chi connectivity index (χ2v) is 7.30. The highest BCUT2D eigenvalue weighted by molar-refractivity contribution is 7.89. The molecule has 1 heterocycles. The number of carbonyl (C=O) groups is 1. The van der Waals surface area contributed by atoms with Crippen LogP contribution in [0.4, 0.5) is 0 Å². The van der Waals surface area contributed by atoms with Gasteiger partial charge in [-0.25, -0.2) is 8.42 Å². The lowest BCUT2D eigenvalue weighted by Gasteiger charge is -2.16. The van der Waals surface area contributed by atoms with Crippen molar-refractivity contribution in [2.45, 2.75) is 11.8 Å². The molecule has 2 atom stereocenters. The number of sulfonamides is 1. The number of primary amides is 1. The number of methoxy groups -OCH3 is 1. The molecule has 1 saturated heterocycles. The molecule has 0 saturated carbocycles. The number of benzene rings is 1. The van der Waals surface area contributed by atoms with Gasteiger partial charge in [-0.2, -0.15) is 4.31 Å². The Labute approximate surface area is 124 Å². The van der Waals surface area contributed by atoms with Crippen LogP contribution in [-0.4, -0.2) is 45.4 Å². The average molecular weight is 312 g/mol. The highest BCUT2D eigenvalue weighted by atomic mass is 32.2. The van der Waals surface area contributed by atoms with E-state index in [0.717, 1.165) is 5.56 Å². The van der Waals surface area contributed by atoms with Crippen LogP contribution in [0.15, 0.2) is 29.2 Å². The Hall–Kier alpha value is -1.44. The molecule has 1 aromatic rings. The fourth-order valence-corrected chi connectivity index (χ4v) is 4.29. The maximum Gasteiger partial charge on any atom is 0.243 e. The van der Waals surface area contributed by atoms with Gasteiger partial charge >= 0.3 is 0 Å². The largest absolute Gasteiger partial charge is 0.384 e. The van der Waals surface area contributed by atoms with Gasteiger partial charge in [0, 0.05) is 26.1 Å². The molecule has 1 fully saturated rings. The van der Waals surface area contributed by atoms with Crippen molar-refractivity contribution in [2.24, 2.45) is 17.6 Å². The van der Waals surface area contributed by atoms with Gasteiger partial charge < -0.3 is 10.5 Å². The first-order valence-corrected chi connectivity index (χ1v) is 8.15. The minimum Gasteiger partial charge on any atom is -0.384 e. The van der Waals surface area contributed by atoms with Gasteiger partial charge in [0.2, 0.25) is 15.9 Å². The summed E-state index contributed by atoms with van der Waals surface area (Å²) in [5.74, 6) is -1.20. The van der Waals surface area contributed by atoms with E-state index in [9.17, 15) is 13.2 Å². The van der Waals surface area contributed by atoms with Gasteiger partial charge in [0.05, 0.1) is 17.4 Å². The van der Waals surface area contributed by atoms with E-state index in [2.05, 4.69) is 0 Å². The Balaban J connectivity index is 2.28. The Bertz CT molecular complexity index is 630. The molecule has 1 aliphatic rings. The van der Waals surface area contributed by atoms with Gasteiger partial charge in [0.15, 0.2) is 0 Å². The van der Waals surface area contributed by atoms with E-state index >= 15 is 0 Å². The minimum atomic E-state index is -3.61. The van der Waals surface area contributed by atoms with Gasteiger partial charge in [-0.05, 0) is 24.6 Å². The summed E-state index contributed by atoms with van der Waals surface area (Å²) >= 11 is 0. The van der Waals surface area contributed by atoms with Crippen LogP contribution in [0, 0.1) is 18.8 Å². The Morgan fingerprint density at radius 1 is 1.43 bits per heavy atom. The van der Waals surface area contributed by atoms with E-state index < -0.39 is 21.8 Å². The molecular weight excluding hydrogens is 292 g/mol. The van der Waals surface area contributed by atoms with E-state index in [1.807, 2.05) is 13.0 Å². The van der Waals surface area contributed by atoms with E-state index in [1.54, 1.807) is 18.2 Å². The van der Waals surface area contributed by atoms with Crippen molar-refractivity contribution < 1.29 is 17.9 Å². The smallest absolute Gasteiger partial charge is 0.243 e. The third-order valence-corrected chi connectivity index (χ3v) is 5.61. The van der Waals surface area contributed by atoms with Gasteiger partial charge in [-0.1, -0.05) is 12.1 Å². The van der Waals surface area contributed by atoms with Crippen LogP contribution in [0.25, 0.3) is 0 Å². The van der Waals surface area contributed by atoms with E-state index in [1.165, 1.54) is 11.4 Å². The first-order valence-electron chi connectivity index (χ1n) is 6.71. The Morgan fingerprint density at radius 2 is 2.14 bits per heavy atom. The number of nitrogens with zero attached hydrogens (tertiary/aromatic N) is 1. The number of ether oxygens (including phenoxy) is 1. The lowest BCUT2D eigenvalue weighted by atomic mass is 9.96. The molecular formula is C14H20N2O4S. The van der Waals surface area contributed by atoms with E-state index in [0.29, 0.717) is 6.61 Å². The maximum atomic E-state index is 12.6. The first-order chi connectivity index (χ1) is 9.86. The topological polar surface area (TPSA) is 89.7 Å². The number of aryl methyl sites for hydroxylation is 1. The lowest BCUT2D eigenvalue weighted by Crippen LogP contribution is -2.32. The van der Waals surface area contributed by atoms with Crippen LogP contribution in [0.1, 0.15) is 5.56 Å². The summed E-state index contributed by atoms with van der Waals surface area (Å²) < 4.78 is 31.7. The molecule has 0 bridgehead atoms. The summed E-state index contributed by atoms with van der Waals surface area (Å²) in [4.78, 5) is 11.7. The fourth-order valence-electron chi connectivity index (χ4n) is 2.66. The predicted molar refractivity (Wildman–Crippen MR) is 78.0 cm³/mol. The molecule has 2 N–H and O–H groups in total. The van der Waals surface area contributed by atoms with Gasteiger partial charge in [-0.3, -0.25) is 4.79 Å². The SMILES string of the molecule is COC[C@@H]1CN(S(=O)(=O)c2cccc(C)c2)C[C@H]1C(N)=O. The zero-order valence-electron chi connectivity index (χ0n) is 12.2. The summed E-state index contributed by atoms with van der Waals surface area (Å²) in [6, 6.07) is 6.73. The number of carbonyl (C=O) groups excluding carboxylic acids is 1. The average Bonchev–Trinajstić information content (AvgIpc) is 2.84. The Morgan fingerprint density at radius 3 is 2.71 bits per heavy atom. The highest BCUT2D eigenvalue weighted by Crippen LogP contribution is 2.29. The summed E-state index contributed by atoms with van der Waals surface area (Å²) in [6.07, 6.45) is 0. The van der Waals surface area contributed by atoms with Crippen LogP contribution in [0.3, 0.4) is 0 Å². The first kappa shape index (κ1) is 15.9. The number of nitrogens with two attached hydrogens (primary N) is 1. The quantitative estimate of drug-likeness (QED) is 0.850. The molecule has 116 valence electrons. The standard InChI is InChI=1S/C14H20N2O4S/c1-10-4-3-5-12(6-10)21(18,19)16-7-11(9-20-2)13(8-16)14(15)17/h3-6,11,13H,7-9H2,1-2H3,(H2,15,17)/t11-,13+/m0/s1. The summed E-state index contributed by atoms with van der Waals surface area (Å²) in [5, 5.41) is 0. The normalized spacial score (nSPS) is 23.3. The van der Waals surface area contributed by atoms with Crippen LogP contribution in [0.2, 0.25) is 0 Å². The van der Waals surface area contributed by atoms with Crippen LogP contribution in [-0.2, 0) is 19.6 Å². The zero-order valence-corrected chi connectivity index (χ0v) is 13.0. The second kappa shape index (κ2) is 6.13. The van der Waals surface area contributed by atoms with Crippen molar-refractivity contribution in [3.8, 4) is 0 Å². The van der Waals surface area contributed by atoms with Crippen molar-refractivity contribution in [1.29, 1.82) is 0 Å². The summed E-state index contributed by atoms with van der Waals surface area (Å²) in [6.45, 7) is 2.51. The zero-order chi connectivity index (χ0) is 15.6. The molecule has 0 spiro atoms. The minimum absolute atomic E-state index is 0.111. The predicted octanol–water partition coefficient (Wildman–Crippen LogP) is 0.363. The molecule has 7 heteroatoms. The molecule has 0 aromatic heterocycles. The Kier molecular flexibility index (Phi) is 4.65. The highest BCUT2D eigenvalue weighted by Gasteiger charge is 2.41. The summed E-state index contributed by atoms with van der Waals surface area (Å²) in [7, 11) is -2.09. The molecule has 2 rings (SSSR count). The number of amides is 1. The van der Waals surface area contributed by atoms with Gasteiger partial charge in [-0.15, -0.1) is 0 Å². The van der Waals surface area contributed by atoms with Crippen molar-refractivity contribution >= 4 is 15.9 Å². The fraction of sp³-hybridized carbons (Fsp3) is 0.500. The van der Waals surface area contributed by atoms with Crippen LogP contribution < -0.4 is 5.73 Å². The molecule has 21 heavy (non-hydrogen) atoms. The lowest BCUT2D eigenvalue weighted by molar-refractivity contribution is -0.122. The van der Waals surface area contributed by atoms with E-state index in [4.69, 9.17) is 10.5 Å². The van der Waals surface area contributed by atoms with Crippen molar-refractivity contribution in [3.05, 3.63) is 29.8 Å². The van der Waals surface area contributed by atoms with Crippen molar-refractivity contribution in [1.82, 2.24) is 4.31 Å². The third-order valence-electron chi connectivity index (χ3n) is 3.78. The third kappa shape index (κ3) is 3.25. The second-order valence-electron chi connectivity index (χ2n) is 5.36. The van der Waals surface area contributed by atoms with Crippen molar-refractivity contribution in [3.63, 3.8) is 0 Å². The van der Waals surface area contributed by atoms with Crippen LogP contribution in [0.5, 0.6) is 0 Å². The molecule has 1 aromatic carbocycles. The molecule has 1 aliphatic heterocycles. The monoisotopic (exact) mass is 312 g/mol.